The van der Waals surface area contributed by atoms with Crippen LogP contribution in [0.4, 0.5) is 0 Å². The van der Waals surface area contributed by atoms with Crippen LogP contribution in [0, 0.1) is 17.8 Å². The summed E-state index contributed by atoms with van der Waals surface area (Å²) in [5.74, 6) is 3.10. The van der Waals surface area contributed by atoms with E-state index in [9.17, 15) is 0 Å². The van der Waals surface area contributed by atoms with Gasteiger partial charge in [0.05, 0.1) is 12.7 Å². The van der Waals surface area contributed by atoms with Crippen LogP contribution in [-0.2, 0) is 4.74 Å². The van der Waals surface area contributed by atoms with Crippen LogP contribution in [0.15, 0.2) is 12.7 Å². The molecule has 0 atom stereocenters. The third-order valence-electron chi connectivity index (χ3n) is 5.94. The fourth-order valence-electron chi connectivity index (χ4n) is 4.56. The lowest BCUT2D eigenvalue weighted by atomic mass is 9.70. The molecule has 21 heavy (non-hydrogen) atoms. The molecule has 0 aliphatic heterocycles. The summed E-state index contributed by atoms with van der Waals surface area (Å²) in [6.45, 7) is 6.79. The Balaban J connectivity index is 1.61. The van der Waals surface area contributed by atoms with Crippen molar-refractivity contribution in [2.24, 2.45) is 17.8 Å². The molecule has 0 heterocycles. The summed E-state index contributed by atoms with van der Waals surface area (Å²) in [5.41, 5.74) is 0. The number of hydrogen-bond donors (Lipinski definition) is 0. The Morgan fingerprint density at radius 1 is 0.905 bits per heavy atom. The molecule has 2 aliphatic carbocycles. The second kappa shape index (κ2) is 9.66. The molecule has 0 bridgehead atoms. The van der Waals surface area contributed by atoms with E-state index in [0.29, 0.717) is 6.10 Å². The number of unbranched alkanes of at least 4 members (excludes halogenated alkanes) is 2. The SMILES string of the molecule is C=CCOC1CCC([C@H]2CC[C@H](CCCCC)CC2)CC1. The van der Waals surface area contributed by atoms with Gasteiger partial charge in [0.1, 0.15) is 0 Å². The Hall–Kier alpha value is -0.300. The fraction of sp³-hybridized carbons (Fsp3) is 0.900. The van der Waals surface area contributed by atoms with Crippen LogP contribution in [0.2, 0.25) is 0 Å². The van der Waals surface area contributed by atoms with Gasteiger partial charge >= 0.3 is 0 Å². The van der Waals surface area contributed by atoms with Crippen LogP contribution in [0.25, 0.3) is 0 Å². The minimum atomic E-state index is 0.518. The van der Waals surface area contributed by atoms with Gasteiger partial charge in [0.15, 0.2) is 0 Å². The molecule has 0 N–H and O–H groups in total. The van der Waals surface area contributed by atoms with Crippen molar-refractivity contribution in [1.82, 2.24) is 0 Å². The zero-order chi connectivity index (χ0) is 14.9. The topological polar surface area (TPSA) is 9.23 Å². The second-order valence-electron chi connectivity index (χ2n) is 7.44. The van der Waals surface area contributed by atoms with Gasteiger partial charge < -0.3 is 4.74 Å². The van der Waals surface area contributed by atoms with E-state index in [2.05, 4.69) is 13.5 Å². The van der Waals surface area contributed by atoms with Crippen molar-refractivity contribution in [3.8, 4) is 0 Å². The lowest BCUT2D eigenvalue weighted by Gasteiger charge is -2.37. The summed E-state index contributed by atoms with van der Waals surface area (Å²) < 4.78 is 5.82. The van der Waals surface area contributed by atoms with Gasteiger partial charge in [-0.15, -0.1) is 6.58 Å². The van der Waals surface area contributed by atoms with E-state index in [4.69, 9.17) is 4.74 Å². The summed E-state index contributed by atoms with van der Waals surface area (Å²) >= 11 is 0. The predicted molar refractivity (Wildman–Crippen MR) is 91.5 cm³/mol. The molecule has 0 spiro atoms. The Morgan fingerprint density at radius 2 is 1.52 bits per heavy atom. The molecule has 2 fully saturated rings. The minimum Gasteiger partial charge on any atom is -0.374 e. The number of rotatable bonds is 8. The first kappa shape index (κ1) is 17.1. The first-order valence-corrected chi connectivity index (χ1v) is 9.56. The average Bonchev–Trinajstić information content (AvgIpc) is 2.54. The van der Waals surface area contributed by atoms with E-state index in [0.717, 1.165) is 24.4 Å². The molecule has 0 aromatic rings. The van der Waals surface area contributed by atoms with Crippen molar-refractivity contribution in [2.75, 3.05) is 6.61 Å². The number of ether oxygens (including phenoxy) is 1. The molecule has 0 aromatic heterocycles. The van der Waals surface area contributed by atoms with E-state index < -0.39 is 0 Å². The monoisotopic (exact) mass is 292 g/mol. The molecule has 1 heteroatoms. The van der Waals surface area contributed by atoms with Crippen molar-refractivity contribution in [1.29, 1.82) is 0 Å². The van der Waals surface area contributed by atoms with Gasteiger partial charge in [-0.2, -0.15) is 0 Å². The molecule has 0 radical (unpaired) electrons. The van der Waals surface area contributed by atoms with Gasteiger partial charge in [0.25, 0.3) is 0 Å². The van der Waals surface area contributed by atoms with E-state index in [1.165, 1.54) is 77.0 Å². The zero-order valence-electron chi connectivity index (χ0n) is 14.2. The summed E-state index contributed by atoms with van der Waals surface area (Å²) in [4.78, 5) is 0. The fourth-order valence-corrected chi connectivity index (χ4v) is 4.56. The molecule has 1 nitrogen and oxygen atoms in total. The molecular formula is C20H36O. The molecule has 0 unspecified atom stereocenters. The maximum atomic E-state index is 5.82. The van der Waals surface area contributed by atoms with Crippen LogP contribution in [0.1, 0.15) is 84.0 Å². The molecule has 2 saturated carbocycles. The summed E-state index contributed by atoms with van der Waals surface area (Å²) in [6, 6.07) is 0. The van der Waals surface area contributed by atoms with E-state index >= 15 is 0 Å². The maximum Gasteiger partial charge on any atom is 0.0648 e. The Bertz CT molecular complexity index is 270. The normalized spacial score (nSPS) is 33.8. The first-order valence-electron chi connectivity index (χ1n) is 9.56. The van der Waals surface area contributed by atoms with Gasteiger partial charge in [0, 0.05) is 0 Å². The molecular weight excluding hydrogens is 256 g/mol. The molecule has 0 saturated heterocycles. The Labute approximate surface area is 132 Å². The van der Waals surface area contributed by atoms with Crippen molar-refractivity contribution >= 4 is 0 Å². The highest BCUT2D eigenvalue weighted by Gasteiger charge is 2.30. The maximum absolute atomic E-state index is 5.82. The van der Waals surface area contributed by atoms with E-state index in [1.807, 2.05) is 6.08 Å². The quantitative estimate of drug-likeness (QED) is 0.386. The van der Waals surface area contributed by atoms with E-state index in [1.54, 1.807) is 0 Å². The van der Waals surface area contributed by atoms with E-state index in [-0.39, 0.29) is 0 Å². The molecule has 0 aromatic carbocycles. The lowest BCUT2D eigenvalue weighted by molar-refractivity contribution is 0.0210. The molecule has 2 rings (SSSR count). The van der Waals surface area contributed by atoms with Crippen LogP contribution in [0.5, 0.6) is 0 Å². The summed E-state index contributed by atoms with van der Waals surface area (Å²) in [7, 11) is 0. The highest BCUT2D eigenvalue weighted by atomic mass is 16.5. The van der Waals surface area contributed by atoms with Crippen LogP contribution >= 0.6 is 0 Å². The number of hydrogen-bond acceptors (Lipinski definition) is 1. The van der Waals surface area contributed by atoms with Gasteiger partial charge in [-0.25, -0.2) is 0 Å². The Kier molecular flexibility index (Phi) is 7.85. The highest BCUT2D eigenvalue weighted by Crippen LogP contribution is 2.41. The zero-order valence-corrected chi connectivity index (χ0v) is 14.2. The van der Waals surface area contributed by atoms with Crippen LogP contribution in [0.3, 0.4) is 0 Å². The standard InChI is InChI=1S/C20H36O/c1-3-5-6-7-17-8-10-18(11-9-17)19-12-14-20(15-13-19)21-16-4-2/h4,17-20H,2-3,5-16H2,1H3/t17-,18-,19?,20?. The van der Waals surface area contributed by atoms with Crippen molar-refractivity contribution in [3.05, 3.63) is 12.7 Å². The smallest absolute Gasteiger partial charge is 0.0648 e. The van der Waals surface area contributed by atoms with Crippen molar-refractivity contribution < 1.29 is 4.74 Å². The largest absolute Gasteiger partial charge is 0.374 e. The van der Waals surface area contributed by atoms with Crippen LogP contribution in [-0.4, -0.2) is 12.7 Å². The lowest BCUT2D eigenvalue weighted by Crippen LogP contribution is -2.28. The molecule has 122 valence electrons. The molecule has 0 amide bonds. The average molecular weight is 293 g/mol. The van der Waals surface area contributed by atoms with Gasteiger partial charge in [0.2, 0.25) is 0 Å². The second-order valence-corrected chi connectivity index (χ2v) is 7.44. The van der Waals surface area contributed by atoms with Gasteiger partial charge in [-0.3, -0.25) is 0 Å². The first-order chi connectivity index (χ1) is 10.3. The predicted octanol–water partition coefficient (Wildman–Crippen LogP) is 6.13. The third kappa shape index (κ3) is 5.77. The Morgan fingerprint density at radius 3 is 2.10 bits per heavy atom. The van der Waals surface area contributed by atoms with Crippen molar-refractivity contribution in [3.63, 3.8) is 0 Å². The third-order valence-corrected chi connectivity index (χ3v) is 5.94. The summed E-state index contributed by atoms with van der Waals surface area (Å²) in [6.07, 6.45) is 19.6. The van der Waals surface area contributed by atoms with Gasteiger partial charge in [-0.05, 0) is 56.3 Å². The minimum absolute atomic E-state index is 0.518. The van der Waals surface area contributed by atoms with Gasteiger partial charge in [-0.1, -0.05) is 51.5 Å². The van der Waals surface area contributed by atoms with Crippen LogP contribution < -0.4 is 0 Å². The highest BCUT2D eigenvalue weighted by molar-refractivity contribution is 4.82. The molecule has 2 aliphatic rings. The van der Waals surface area contributed by atoms with Crippen molar-refractivity contribution in [2.45, 2.75) is 90.1 Å². The summed E-state index contributed by atoms with van der Waals surface area (Å²) in [5, 5.41) is 0.